The van der Waals surface area contributed by atoms with Crippen molar-refractivity contribution in [1.29, 1.82) is 0 Å². The highest BCUT2D eigenvalue weighted by atomic mass is 32.1. The minimum atomic E-state index is -1.23. The number of primary amides is 1. The predicted octanol–water partition coefficient (Wildman–Crippen LogP) is 0.426. The molecule has 6 nitrogen and oxygen atoms in total. The zero-order chi connectivity index (χ0) is 12.1. The molecule has 4 N–H and O–H groups in total. The fourth-order valence-electron chi connectivity index (χ4n) is 0.901. The second-order valence-electron chi connectivity index (χ2n) is 2.69. The van der Waals surface area contributed by atoms with Gasteiger partial charge in [0, 0.05) is 12.2 Å². The van der Waals surface area contributed by atoms with Crippen LogP contribution in [0.25, 0.3) is 0 Å². The normalized spacial score (nSPS) is 10.2. The largest absolute Gasteiger partial charge is 0.478 e. The second kappa shape index (κ2) is 5.08. The summed E-state index contributed by atoms with van der Waals surface area (Å²) < 4.78 is 0. The smallest absolute Gasteiger partial charge is 0.328 e. The van der Waals surface area contributed by atoms with Gasteiger partial charge in [0.15, 0.2) is 0 Å². The molecule has 0 radical (unpaired) electrons. The SMILES string of the molecule is NC(=O)c1ccsc1NC(=O)C=CC(=O)O. The molecule has 0 fully saturated rings. The van der Waals surface area contributed by atoms with E-state index in [1.807, 2.05) is 0 Å². The van der Waals surface area contributed by atoms with E-state index in [2.05, 4.69) is 5.32 Å². The fraction of sp³-hybridized carbons (Fsp3) is 0. The van der Waals surface area contributed by atoms with E-state index < -0.39 is 17.8 Å². The molecule has 7 heteroatoms. The third-order valence-electron chi connectivity index (χ3n) is 1.54. The number of hydrogen-bond acceptors (Lipinski definition) is 4. The van der Waals surface area contributed by atoms with E-state index in [-0.39, 0.29) is 5.56 Å². The van der Waals surface area contributed by atoms with Crippen LogP contribution in [0.1, 0.15) is 10.4 Å². The lowest BCUT2D eigenvalue weighted by Gasteiger charge is -2.00. The van der Waals surface area contributed by atoms with Crippen molar-refractivity contribution < 1.29 is 19.5 Å². The average molecular weight is 240 g/mol. The highest BCUT2D eigenvalue weighted by molar-refractivity contribution is 7.14. The highest BCUT2D eigenvalue weighted by Gasteiger charge is 2.10. The van der Waals surface area contributed by atoms with Crippen molar-refractivity contribution >= 4 is 34.1 Å². The Kier molecular flexibility index (Phi) is 3.78. The third kappa shape index (κ3) is 3.21. The van der Waals surface area contributed by atoms with Crippen LogP contribution in [0.5, 0.6) is 0 Å². The summed E-state index contributed by atoms with van der Waals surface area (Å²) in [5, 5.41) is 12.5. The van der Waals surface area contributed by atoms with Gasteiger partial charge < -0.3 is 16.2 Å². The molecule has 0 spiro atoms. The summed E-state index contributed by atoms with van der Waals surface area (Å²) in [5.41, 5.74) is 5.26. The standard InChI is InChI=1S/C9H8N2O4S/c10-8(15)5-3-4-16-9(5)11-6(12)1-2-7(13)14/h1-4H,(H2,10,15)(H,11,12)(H,13,14). The second-order valence-corrected chi connectivity index (χ2v) is 3.60. The first-order chi connectivity index (χ1) is 7.50. The molecule has 16 heavy (non-hydrogen) atoms. The van der Waals surface area contributed by atoms with Crippen LogP contribution < -0.4 is 11.1 Å². The van der Waals surface area contributed by atoms with E-state index >= 15 is 0 Å². The van der Waals surface area contributed by atoms with Gasteiger partial charge in [-0.1, -0.05) is 0 Å². The molecule has 1 aromatic heterocycles. The molecule has 1 rings (SSSR count). The third-order valence-corrected chi connectivity index (χ3v) is 2.37. The molecule has 0 atom stereocenters. The van der Waals surface area contributed by atoms with Crippen LogP contribution in [0, 0.1) is 0 Å². The fourth-order valence-corrected chi connectivity index (χ4v) is 1.70. The molecule has 84 valence electrons. The van der Waals surface area contributed by atoms with Gasteiger partial charge in [0.2, 0.25) is 5.91 Å². The maximum absolute atomic E-state index is 11.2. The number of carbonyl (C=O) groups excluding carboxylic acids is 2. The van der Waals surface area contributed by atoms with Gasteiger partial charge in [-0.2, -0.15) is 0 Å². The summed E-state index contributed by atoms with van der Waals surface area (Å²) in [4.78, 5) is 32.2. The number of thiophene rings is 1. The van der Waals surface area contributed by atoms with Crippen molar-refractivity contribution in [3.05, 3.63) is 29.2 Å². The molecule has 0 aliphatic rings. The molecule has 0 aliphatic carbocycles. The Morgan fingerprint density at radius 3 is 2.62 bits per heavy atom. The maximum atomic E-state index is 11.2. The van der Waals surface area contributed by atoms with Crippen LogP contribution in [0.2, 0.25) is 0 Å². The molecule has 1 aromatic rings. The Morgan fingerprint density at radius 1 is 1.38 bits per heavy atom. The van der Waals surface area contributed by atoms with Crippen molar-refractivity contribution in [2.75, 3.05) is 5.32 Å². The van der Waals surface area contributed by atoms with Gasteiger partial charge in [-0.05, 0) is 11.4 Å². The van der Waals surface area contributed by atoms with Gasteiger partial charge in [0.05, 0.1) is 5.56 Å². The Labute approximate surface area is 94.4 Å². The summed E-state index contributed by atoms with van der Waals surface area (Å²) in [6.07, 6.45) is 1.56. The van der Waals surface area contributed by atoms with Gasteiger partial charge in [-0.25, -0.2) is 4.79 Å². The van der Waals surface area contributed by atoms with Crippen LogP contribution >= 0.6 is 11.3 Å². The number of hydrogen-bond donors (Lipinski definition) is 3. The molecule has 0 aliphatic heterocycles. The molecule has 2 amide bonds. The minimum absolute atomic E-state index is 0.196. The lowest BCUT2D eigenvalue weighted by molar-refractivity contribution is -0.131. The molecule has 0 saturated heterocycles. The van der Waals surface area contributed by atoms with Crippen molar-refractivity contribution in [2.24, 2.45) is 5.73 Å². The lowest BCUT2D eigenvalue weighted by atomic mass is 10.3. The summed E-state index contributed by atoms with van der Waals surface area (Å²) in [5.74, 6) is -2.51. The van der Waals surface area contributed by atoms with Gasteiger partial charge >= 0.3 is 5.97 Å². The van der Waals surface area contributed by atoms with Crippen LogP contribution in [0.3, 0.4) is 0 Å². The number of anilines is 1. The first-order valence-corrected chi connectivity index (χ1v) is 4.98. The van der Waals surface area contributed by atoms with Gasteiger partial charge in [0.25, 0.3) is 5.91 Å². The van der Waals surface area contributed by atoms with Crippen LogP contribution in [-0.2, 0) is 9.59 Å². The topological polar surface area (TPSA) is 109 Å². The molecular weight excluding hydrogens is 232 g/mol. The summed E-state index contributed by atoms with van der Waals surface area (Å²) in [6, 6.07) is 1.48. The Morgan fingerprint density at radius 2 is 2.06 bits per heavy atom. The number of carboxylic acid groups (broad SMARTS) is 1. The number of nitrogens with two attached hydrogens (primary N) is 1. The first kappa shape index (κ1) is 11.9. The van der Waals surface area contributed by atoms with E-state index in [1.54, 1.807) is 5.38 Å². The monoisotopic (exact) mass is 240 g/mol. The zero-order valence-corrected chi connectivity index (χ0v) is 8.78. The average Bonchev–Trinajstić information content (AvgIpc) is 2.62. The van der Waals surface area contributed by atoms with Crippen molar-refractivity contribution in [1.82, 2.24) is 0 Å². The minimum Gasteiger partial charge on any atom is -0.478 e. The molecule has 0 saturated carbocycles. The maximum Gasteiger partial charge on any atom is 0.328 e. The van der Waals surface area contributed by atoms with E-state index in [4.69, 9.17) is 10.8 Å². The predicted molar refractivity (Wildman–Crippen MR) is 58.2 cm³/mol. The van der Waals surface area contributed by atoms with E-state index in [9.17, 15) is 14.4 Å². The first-order valence-electron chi connectivity index (χ1n) is 4.10. The molecule has 0 aromatic carbocycles. The lowest BCUT2D eigenvalue weighted by Crippen LogP contribution is -2.15. The zero-order valence-electron chi connectivity index (χ0n) is 7.97. The van der Waals surface area contributed by atoms with Crippen LogP contribution in [0.15, 0.2) is 23.6 Å². The Hall–Kier alpha value is -2.15. The van der Waals surface area contributed by atoms with E-state index in [0.29, 0.717) is 11.1 Å². The van der Waals surface area contributed by atoms with Gasteiger partial charge in [-0.3, -0.25) is 9.59 Å². The quantitative estimate of drug-likeness (QED) is 0.662. The van der Waals surface area contributed by atoms with Crippen molar-refractivity contribution in [3.63, 3.8) is 0 Å². The molecular formula is C9H8N2O4S. The van der Waals surface area contributed by atoms with Gasteiger partial charge in [0.1, 0.15) is 5.00 Å². The summed E-state index contributed by atoms with van der Waals surface area (Å²) in [7, 11) is 0. The summed E-state index contributed by atoms with van der Waals surface area (Å²) in [6.45, 7) is 0. The van der Waals surface area contributed by atoms with Crippen molar-refractivity contribution in [2.45, 2.75) is 0 Å². The van der Waals surface area contributed by atoms with Crippen molar-refractivity contribution in [3.8, 4) is 0 Å². The van der Waals surface area contributed by atoms with Gasteiger partial charge in [-0.15, -0.1) is 11.3 Å². The number of carbonyl (C=O) groups is 3. The van der Waals surface area contributed by atoms with E-state index in [1.165, 1.54) is 6.07 Å². The number of carboxylic acids is 1. The number of aliphatic carboxylic acids is 1. The highest BCUT2D eigenvalue weighted by Crippen LogP contribution is 2.22. The summed E-state index contributed by atoms with van der Waals surface area (Å²) >= 11 is 1.13. The van der Waals surface area contributed by atoms with E-state index in [0.717, 1.165) is 17.4 Å². The Bertz CT molecular complexity index is 464. The van der Waals surface area contributed by atoms with Crippen LogP contribution in [0.4, 0.5) is 5.00 Å². The molecule has 0 bridgehead atoms. The number of nitrogens with one attached hydrogen (secondary N) is 1. The number of amides is 2. The Balaban J connectivity index is 2.73. The molecule has 0 unspecified atom stereocenters. The molecule has 1 heterocycles. The van der Waals surface area contributed by atoms with Crippen LogP contribution in [-0.4, -0.2) is 22.9 Å². The number of rotatable bonds is 4.